The van der Waals surface area contributed by atoms with Crippen LogP contribution < -0.4 is 0 Å². The molecule has 0 unspecified atom stereocenters. The van der Waals surface area contributed by atoms with Gasteiger partial charge in [-0.25, -0.2) is 13.8 Å². The maximum absolute atomic E-state index is 13.3. The molecular weight excluding hydrogens is 327 g/mol. The van der Waals surface area contributed by atoms with Gasteiger partial charge in [0.05, 0.1) is 0 Å². The van der Waals surface area contributed by atoms with Gasteiger partial charge >= 0.3 is 0 Å². The molecule has 2 nitrogen and oxygen atoms in total. The molecule has 0 radical (unpaired) electrons. The van der Waals surface area contributed by atoms with Gasteiger partial charge in [-0.05, 0) is 23.1 Å². The molecule has 1 N–H and O–H groups in total. The van der Waals surface area contributed by atoms with Crippen molar-refractivity contribution in [3.8, 4) is 0 Å². The third-order valence-electron chi connectivity index (χ3n) is 2.59. The van der Waals surface area contributed by atoms with Gasteiger partial charge in [0.15, 0.2) is 0 Å². The standard InChI is InChI=1S/C12H9BrClF2NO/c13-10-2-1-7(4-12(15,16)6-18)8-3-11(14)17-5-9(8)10/h1-3,5,18H,4,6H2. The molecule has 1 aromatic carbocycles. The number of aliphatic hydroxyl groups excluding tert-OH is 1. The molecule has 0 aliphatic carbocycles. The van der Waals surface area contributed by atoms with E-state index >= 15 is 0 Å². The minimum Gasteiger partial charge on any atom is -0.390 e. The topological polar surface area (TPSA) is 33.1 Å². The number of aliphatic hydroxyl groups is 1. The zero-order valence-electron chi connectivity index (χ0n) is 9.13. The predicted molar refractivity (Wildman–Crippen MR) is 70.2 cm³/mol. The summed E-state index contributed by atoms with van der Waals surface area (Å²) < 4.78 is 27.3. The molecule has 2 rings (SSSR count). The highest BCUT2D eigenvalue weighted by Gasteiger charge is 2.29. The summed E-state index contributed by atoms with van der Waals surface area (Å²) in [6.07, 6.45) is 0.996. The van der Waals surface area contributed by atoms with Crippen molar-refractivity contribution in [1.29, 1.82) is 0 Å². The van der Waals surface area contributed by atoms with E-state index in [1.165, 1.54) is 6.20 Å². The summed E-state index contributed by atoms with van der Waals surface area (Å²) in [7, 11) is 0. The first kappa shape index (κ1) is 13.6. The van der Waals surface area contributed by atoms with E-state index < -0.39 is 19.0 Å². The second kappa shape index (κ2) is 5.07. The van der Waals surface area contributed by atoms with Crippen LogP contribution in [0, 0.1) is 0 Å². The van der Waals surface area contributed by atoms with E-state index in [9.17, 15) is 8.78 Å². The molecule has 0 fully saturated rings. The number of halogens is 4. The number of rotatable bonds is 3. The zero-order valence-corrected chi connectivity index (χ0v) is 11.5. The van der Waals surface area contributed by atoms with Gasteiger partial charge in [-0.1, -0.05) is 33.6 Å². The van der Waals surface area contributed by atoms with E-state index in [0.717, 1.165) is 4.47 Å². The first-order valence-electron chi connectivity index (χ1n) is 5.14. The average Bonchev–Trinajstić information content (AvgIpc) is 2.33. The van der Waals surface area contributed by atoms with Crippen LogP contribution >= 0.6 is 27.5 Å². The van der Waals surface area contributed by atoms with Gasteiger partial charge in [-0.15, -0.1) is 0 Å². The molecule has 0 saturated heterocycles. The lowest BCUT2D eigenvalue weighted by atomic mass is 10.0. The van der Waals surface area contributed by atoms with Crippen LogP contribution in [0.4, 0.5) is 8.78 Å². The van der Waals surface area contributed by atoms with Gasteiger partial charge in [0, 0.05) is 22.5 Å². The number of fused-ring (bicyclic) bond motifs is 1. The Kier molecular flexibility index (Phi) is 3.84. The van der Waals surface area contributed by atoms with Crippen molar-refractivity contribution in [1.82, 2.24) is 4.98 Å². The fourth-order valence-electron chi connectivity index (χ4n) is 1.73. The molecule has 1 aromatic heterocycles. The molecule has 18 heavy (non-hydrogen) atoms. The van der Waals surface area contributed by atoms with Crippen LogP contribution in [0.5, 0.6) is 0 Å². The summed E-state index contributed by atoms with van der Waals surface area (Å²) in [5.74, 6) is -3.14. The van der Waals surface area contributed by atoms with Gasteiger partial charge in [-0.3, -0.25) is 0 Å². The van der Waals surface area contributed by atoms with E-state index in [1.807, 2.05) is 0 Å². The summed E-state index contributed by atoms with van der Waals surface area (Å²) in [5, 5.41) is 10.2. The molecule has 0 amide bonds. The lowest BCUT2D eigenvalue weighted by molar-refractivity contribution is -0.0485. The maximum Gasteiger partial charge on any atom is 0.274 e. The number of aromatic nitrogens is 1. The van der Waals surface area contributed by atoms with Gasteiger partial charge < -0.3 is 5.11 Å². The van der Waals surface area contributed by atoms with Gasteiger partial charge in [0.2, 0.25) is 0 Å². The predicted octanol–water partition coefficient (Wildman–Crippen LogP) is 3.82. The van der Waals surface area contributed by atoms with Crippen LogP contribution in [0.2, 0.25) is 5.15 Å². The van der Waals surface area contributed by atoms with E-state index in [-0.39, 0.29) is 5.15 Å². The monoisotopic (exact) mass is 335 g/mol. The maximum atomic E-state index is 13.3. The van der Waals surface area contributed by atoms with Gasteiger partial charge in [0.25, 0.3) is 5.92 Å². The zero-order chi connectivity index (χ0) is 13.3. The SMILES string of the molecule is OCC(F)(F)Cc1ccc(Br)c2cnc(Cl)cc12. The largest absolute Gasteiger partial charge is 0.390 e. The fourth-order valence-corrected chi connectivity index (χ4v) is 2.33. The van der Waals surface area contributed by atoms with Crippen molar-refractivity contribution >= 4 is 38.3 Å². The Hall–Kier alpha value is -0.780. The molecule has 6 heteroatoms. The molecule has 0 saturated carbocycles. The first-order valence-corrected chi connectivity index (χ1v) is 6.31. The number of nitrogens with zero attached hydrogens (tertiary/aromatic N) is 1. The molecule has 0 bridgehead atoms. The van der Waals surface area contributed by atoms with Crippen molar-refractivity contribution in [2.45, 2.75) is 12.3 Å². The van der Waals surface area contributed by atoms with Crippen molar-refractivity contribution in [3.05, 3.63) is 39.6 Å². The van der Waals surface area contributed by atoms with Crippen molar-refractivity contribution in [3.63, 3.8) is 0 Å². The first-order chi connectivity index (χ1) is 8.43. The highest BCUT2D eigenvalue weighted by Crippen LogP contribution is 2.31. The summed E-state index contributed by atoms with van der Waals surface area (Å²) in [5.41, 5.74) is 0.427. The molecule has 0 aliphatic heterocycles. The summed E-state index contributed by atoms with van der Waals surface area (Å²) in [6, 6.07) is 4.82. The van der Waals surface area contributed by atoms with Crippen LogP contribution in [0.3, 0.4) is 0 Å². The van der Waals surface area contributed by atoms with Crippen molar-refractivity contribution in [2.24, 2.45) is 0 Å². The molecule has 96 valence electrons. The van der Waals surface area contributed by atoms with Gasteiger partial charge in [0.1, 0.15) is 11.8 Å². The number of benzene rings is 1. The Morgan fingerprint density at radius 2 is 2.06 bits per heavy atom. The van der Waals surface area contributed by atoms with E-state index in [1.54, 1.807) is 18.2 Å². The minimum absolute atomic E-state index is 0.245. The number of hydrogen-bond acceptors (Lipinski definition) is 2. The summed E-state index contributed by atoms with van der Waals surface area (Å²) in [4.78, 5) is 3.92. The highest BCUT2D eigenvalue weighted by atomic mass is 79.9. The fraction of sp³-hybridized carbons (Fsp3) is 0.250. The Bertz CT molecular complexity index is 592. The molecule has 0 aliphatic rings. The molecular formula is C12H9BrClF2NO. The highest BCUT2D eigenvalue weighted by molar-refractivity contribution is 9.10. The minimum atomic E-state index is -3.14. The lowest BCUT2D eigenvalue weighted by Gasteiger charge is -2.15. The number of hydrogen-bond donors (Lipinski definition) is 1. The third kappa shape index (κ3) is 2.79. The third-order valence-corrected chi connectivity index (χ3v) is 3.48. The second-order valence-corrected chi connectivity index (χ2v) is 5.19. The molecule has 0 spiro atoms. The van der Waals surface area contributed by atoms with Crippen molar-refractivity contribution in [2.75, 3.05) is 6.61 Å². The molecule has 0 atom stereocenters. The van der Waals surface area contributed by atoms with E-state index in [4.69, 9.17) is 16.7 Å². The molecule has 2 aromatic rings. The van der Waals surface area contributed by atoms with Crippen LogP contribution in [0.15, 0.2) is 28.9 Å². The van der Waals surface area contributed by atoms with Crippen LogP contribution in [0.1, 0.15) is 5.56 Å². The Morgan fingerprint density at radius 3 is 2.72 bits per heavy atom. The Balaban J connectivity index is 2.58. The smallest absolute Gasteiger partial charge is 0.274 e. The normalized spacial score (nSPS) is 12.1. The Morgan fingerprint density at radius 1 is 1.33 bits per heavy atom. The quantitative estimate of drug-likeness (QED) is 0.864. The lowest BCUT2D eigenvalue weighted by Crippen LogP contribution is -2.24. The van der Waals surface area contributed by atoms with Crippen LogP contribution in [-0.2, 0) is 6.42 Å². The number of alkyl halides is 2. The molecule has 1 heterocycles. The Labute approximate surface area is 116 Å². The second-order valence-electron chi connectivity index (χ2n) is 3.95. The number of pyridine rings is 1. The average molecular weight is 337 g/mol. The summed E-state index contributed by atoms with van der Waals surface area (Å²) in [6.45, 7) is -1.18. The van der Waals surface area contributed by atoms with E-state index in [0.29, 0.717) is 16.3 Å². The van der Waals surface area contributed by atoms with Gasteiger partial charge in [-0.2, -0.15) is 0 Å². The van der Waals surface area contributed by atoms with Crippen LogP contribution in [0.25, 0.3) is 10.8 Å². The van der Waals surface area contributed by atoms with Crippen molar-refractivity contribution < 1.29 is 13.9 Å². The van der Waals surface area contributed by atoms with Crippen LogP contribution in [-0.4, -0.2) is 22.6 Å². The van der Waals surface area contributed by atoms with E-state index in [2.05, 4.69) is 20.9 Å². The summed E-state index contributed by atoms with van der Waals surface area (Å²) >= 11 is 9.12.